The third-order valence-corrected chi connectivity index (χ3v) is 10.2. The molecule has 172 valence electrons. The van der Waals surface area contributed by atoms with Crippen LogP contribution in [0.15, 0.2) is 11.6 Å². The molecule has 4 rings (SSSR count). The Balaban J connectivity index is 1.55. The van der Waals surface area contributed by atoms with Crippen molar-refractivity contribution < 1.29 is 15.3 Å². The molecule has 3 heteroatoms. The third kappa shape index (κ3) is 3.71. The summed E-state index contributed by atoms with van der Waals surface area (Å²) >= 11 is 0. The van der Waals surface area contributed by atoms with Gasteiger partial charge in [-0.1, -0.05) is 46.3 Å². The van der Waals surface area contributed by atoms with Gasteiger partial charge in [0, 0.05) is 0 Å². The van der Waals surface area contributed by atoms with Crippen LogP contribution in [0.2, 0.25) is 0 Å². The van der Waals surface area contributed by atoms with Crippen LogP contribution in [-0.2, 0) is 0 Å². The van der Waals surface area contributed by atoms with Crippen LogP contribution in [0.5, 0.6) is 0 Å². The lowest BCUT2D eigenvalue weighted by molar-refractivity contribution is -0.0831. The van der Waals surface area contributed by atoms with E-state index in [9.17, 15) is 15.3 Å². The average Bonchev–Trinajstić information content (AvgIpc) is 3.00. The average molecular weight is 419 g/mol. The fraction of sp³-hybridized carbons (Fsp3) is 0.926. The quantitative estimate of drug-likeness (QED) is 0.529. The Kier molecular flexibility index (Phi) is 6.23. The van der Waals surface area contributed by atoms with Crippen molar-refractivity contribution in [2.75, 3.05) is 0 Å². The normalized spacial score (nSPS) is 47.8. The summed E-state index contributed by atoms with van der Waals surface area (Å²) in [5.41, 5.74) is 1.99. The van der Waals surface area contributed by atoms with Crippen LogP contribution < -0.4 is 0 Å². The van der Waals surface area contributed by atoms with Crippen LogP contribution in [0.3, 0.4) is 0 Å². The molecule has 10 atom stereocenters. The first-order chi connectivity index (χ1) is 14.1. The van der Waals surface area contributed by atoms with E-state index in [-0.39, 0.29) is 29.6 Å². The highest BCUT2D eigenvalue weighted by molar-refractivity contribution is 5.30. The number of rotatable bonds is 5. The molecule has 0 heterocycles. The van der Waals surface area contributed by atoms with Gasteiger partial charge in [0.1, 0.15) is 0 Å². The summed E-state index contributed by atoms with van der Waals surface area (Å²) < 4.78 is 0. The second-order valence-corrected chi connectivity index (χ2v) is 12.5. The topological polar surface area (TPSA) is 60.7 Å². The summed E-state index contributed by atoms with van der Waals surface area (Å²) in [7, 11) is 0. The maximum Gasteiger partial charge on any atom is 0.0583 e. The molecule has 0 saturated heterocycles. The summed E-state index contributed by atoms with van der Waals surface area (Å²) in [4.78, 5) is 0. The molecule has 3 saturated carbocycles. The minimum Gasteiger partial charge on any atom is -0.393 e. The maximum atomic E-state index is 11.1. The van der Waals surface area contributed by atoms with Crippen LogP contribution in [-0.4, -0.2) is 33.6 Å². The lowest BCUT2D eigenvalue weighted by Gasteiger charge is -2.58. The standard InChI is InChI=1S/C27H46O3/c1-16(2)12-19(29)13-17(3)21-6-7-22-20-15-25(30)24-14-18(28)8-10-27(24,5)23(20)9-11-26(21,22)4/h9,16-22,24-25,28-30H,6-8,10-15H2,1-5H3/t17-,18+,19?,20+,21-,22+,24?,25+,26-,27-/m1/s1. The predicted molar refractivity (Wildman–Crippen MR) is 122 cm³/mol. The van der Waals surface area contributed by atoms with Gasteiger partial charge in [0.25, 0.3) is 0 Å². The zero-order valence-corrected chi connectivity index (χ0v) is 20.0. The van der Waals surface area contributed by atoms with Gasteiger partial charge in [-0.25, -0.2) is 0 Å². The molecule has 2 unspecified atom stereocenters. The lowest BCUT2D eigenvalue weighted by Crippen LogP contribution is -2.53. The number of fused-ring (bicyclic) bond motifs is 5. The highest BCUT2D eigenvalue weighted by Gasteiger charge is 2.59. The molecule has 3 fully saturated rings. The van der Waals surface area contributed by atoms with Gasteiger partial charge in [-0.3, -0.25) is 0 Å². The van der Waals surface area contributed by atoms with Crippen LogP contribution in [0, 0.1) is 46.3 Å². The Hall–Kier alpha value is -0.380. The van der Waals surface area contributed by atoms with Gasteiger partial charge in [-0.2, -0.15) is 0 Å². The predicted octanol–water partition coefficient (Wildman–Crippen LogP) is 5.33. The molecule has 30 heavy (non-hydrogen) atoms. The first-order valence-corrected chi connectivity index (χ1v) is 12.8. The molecule has 0 aromatic carbocycles. The molecule has 3 nitrogen and oxygen atoms in total. The first-order valence-electron chi connectivity index (χ1n) is 12.8. The molecule has 0 amide bonds. The zero-order valence-electron chi connectivity index (χ0n) is 20.0. The molecule has 0 aliphatic heterocycles. The minimum atomic E-state index is -0.279. The molecule has 0 aromatic heterocycles. The first kappa shape index (κ1) is 22.8. The molecule has 0 spiro atoms. The molecule has 0 aromatic rings. The number of allylic oxidation sites excluding steroid dienone is 2. The molecule has 0 bridgehead atoms. The largest absolute Gasteiger partial charge is 0.393 e. The Labute approximate surface area is 184 Å². The van der Waals surface area contributed by atoms with Crippen LogP contribution in [0.1, 0.15) is 92.4 Å². The fourth-order valence-electron chi connectivity index (χ4n) is 8.76. The molecule has 4 aliphatic rings. The van der Waals surface area contributed by atoms with Gasteiger partial charge in [0.05, 0.1) is 18.3 Å². The summed E-state index contributed by atoms with van der Waals surface area (Å²) in [5.74, 6) is 3.14. The van der Waals surface area contributed by atoms with Crippen molar-refractivity contribution >= 4 is 0 Å². The number of aliphatic hydroxyl groups is 3. The fourth-order valence-corrected chi connectivity index (χ4v) is 8.76. The van der Waals surface area contributed by atoms with Crippen LogP contribution >= 0.6 is 0 Å². The Morgan fingerprint density at radius 2 is 1.73 bits per heavy atom. The smallest absolute Gasteiger partial charge is 0.0583 e. The van der Waals surface area contributed by atoms with Crippen molar-refractivity contribution in [2.24, 2.45) is 46.3 Å². The lowest BCUT2D eigenvalue weighted by atomic mass is 9.47. The van der Waals surface area contributed by atoms with E-state index in [1.807, 2.05) is 0 Å². The maximum absolute atomic E-state index is 11.1. The minimum absolute atomic E-state index is 0.0695. The van der Waals surface area contributed by atoms with Crippen molar-refractivity contribution in [1.82, 2.24) is 0 Å². The van der Waals surface area contributed by atoms with Gasteiger partial charge in [-0.05, 0) is 104 Å². The summed E-state index contributed by atoms with van der Waals surface area (Å²) in [5, 5.41) is 31.9. The number of aliphatic hydroxyl groups excluding tert-OH is 3. The zero-order chi connectivity index (χ0) is 21.8. The van der Waals surface area contributed by atoms with Crippen LogP contribution in [0.4, 0.5) is 0 Å². The van der Waals surface area contributed by atoms with Crippen molar-refractivity contribution in [3.05, 3.63) is 11.6 Å². The van der Waals surface area contributed by atoms with Crippen molar-refractivity contribution in [2.45, 2.75) is 111 Å². The van der Waals surface area contributed by atoms with Gasteiger partial charge in [0.15, 0.2) is 0 Å². The summed E-state index contributed by atoms with van der Waals surface area (Å²) in [6.45, 7) is 11.7. The second kappa shape index (κ2) is 8.19. The Morgan fingerprint density at radius 3 is 2.43 bits per heavy atom. The molecular formula is C27H46O3. The van der Waals surface area contributed by atoms with Crippen molar-refractivity contribution in [1.29, 1.82) is 0 Å². The second-order valence-electron chi connectivity index (χ2n) is 12.5. The summed E-state index contributed by atoms with van der Waals surface area (Å²) in [6, 6.07) is 0. The number of hydrogen-bond acceptors (Lipinski definition) is 3. The van der Waals surface area contributed by atoms with Gasteiger partial charge in [-0.15, -0.1) is 0 Å². The molecule has 4 aliphatic carbocycles. The third-order valence-electron chi connectivity index (χ3n) is 10.2. The van der Waals surface area contributed by atoms with E-state index < -0.39 is 0 Å². The number of hydrogen-bond donors (Lipinski definition) is 3. The monoisotopic (exact) mass is 418 g/mol. The highest BCUT2D eigenvalue weighted by atomic mass is 16.3. The SMILES string of the molecule is CC(C)CC(O)C[C@@H](C)[C@H]1CC[C@H]2[C@@H]3C[C@H](O)C4C[C@@H](O)CC[C@]4(C)C3=CC[C@]12C. The van der Waals surface area contributed by atoms with Gasteiger partial charge >= 0.3 is 0 Å². The van der Waals surface area contributed by atoms with E-state index in [0.717, 1.165) is 44.9 Å². The van der Waals surface area contributed by atoms with E-state index in [1.165, 1.54) is 12.8 Å². The van der Waals surface area contributed by atoms with Gasteiger partial charge < -0.3 is 15.3 Å². The van der Waals surface area contributed by atoms with Crippen LogP contribution in [0.25, 0.3) is 0 Å². The van der Waals surface area contributed by atoms with Gasteiger partial charge in [0.2, 0.25) is 0 Å². The molecule has 0 radical (unpaired) electrons. The van der Waals surface area contributed by atoms with E-state index in [1.54, 1.807) is 5.57 Å². The molecule has 3 N–H and O–H groups in total. The van der Waals surface area contributed by atoms with E-state index >= 15 is 0 Å². The van der Waals surface area contributed by atoms with Crippen molar-refractivity contribution in [3.63, 3.8) is 0 Å². The van der Waals surface area contributed by atoms with E-state index in [0.29, 0.717) is 35.0 Å². The summed E-state index contributed by atoms with van der Waals surface area (Å²) in [6.07, 6.45) is 10.9. The Morgan fingerprint density at radius 1 is 1.00 bits per heavy atom. The van der Waals surface area contributed by atoms with E-state index in [4.69, 9.17) is 0 Å². The highest BCUT2D eigenvalue weighted by Crippen LogP contribution is 2.66. The van der Waals surface area contributed by atoms with Crippen molar-refractivity contribution in [3.8, 4) is 0 Å². The molecular weight excluding hydrogens is 372 g/mol. The Bertz CT molecular complexity index is 656. The van der Waals surface area contributed by atoms with E-state index in [2.05, 4.69) is 40.7 Å².